The number of benzene rings is 11. The standard InChI is InChI=1S/C70H49N/c1-69(2)60-27-13-11-24-58(60)67-55(26-17-31-64(67)69)51-38-42-54(43-39-51)71(53-40-36-49(37-41-53)47-20-7-4-8-21-47)66-45-52(50-34-32-48(33-35-50)46-18-5-3-6-19-46)44-65-68(66)59-25-12-16-30-63(59)70(65)61-28-14-9-22-56(61)57-23-10-15-29-62(57)70/h3-45H,1-2H3. The van der Waals surface area contributed by atoms with Crippen LogP contribution in [0, 0.1) is 0 Å². The van der Waals surface area contributed by atoms with Crippen LogP contribution in [0.5, 0.6) is 0 Å². The van der Waals surface area contributed by atoms with Crippen LogP contribution in [0.2, 0.25) is 0 Å². The van der Waals surface area contributed by atoms with Crippen LogP contribution < -0.4 is 4.90 Å². The maximum absolute atomic E-state index is 2.52. The molecule has 11 aromatic rings. The van der Waals surface area contributed by atoms with Gasteiger partial charge in [-0.05, 0) is 142 Å². The summed E-state index contributed by atoms with van der Waals surface area (Å²) in [7, 11) is 0. The molecule has 3 aliphatic rings. The first-order chi connectivity index (χ1) is 35.0. The minimum Gasteiger partial charge on any atom is -0.310 e. The van der Waals surface area contributed by atoms with Crippen molar-refractivity contribution < 1.29 is 0 Å². The van der Waals surface area contributed by atoms with Crippen molar-refractivity contribution in [3.63, 3.8) is 0 Å². The number of anilines is 3. The molecule has 1 spiro atoms. The smallest absolute Gasteiger partial charge is 0.0726 e. The molecule has 0 saturated carbocycles. The average Bonchev–Trinajstić information content (AvgIpc) is 4.01. The largest absolute Gasteiger partial charge is 0.310 e. The summed E-state index contributed by atoms with van der Waals surface area (Å²) in [5.74, 6) is 0. The van der Waals surface area contributed by atoms with Gasteiger partial charge < -0.3 is 4.90 Å². The normalized spacial score (nSPS) is 13.7. The van der Waals surface area contributed by atoms with Gasteiger partial charge >= 0.3 is 0 Å². The topological polar surface area (TPSA) is 3.24 Å². The number of nitrogens with zero attached hydrogens (tertiary/aromatic N) is 1. The van der Waals surface area contributed by atoms with Crippen molar-refractivity contribution in [2.24, 2.45) is 0 Å². The highest BCUT2D eigenvalue weighted by Crippen LogP contribution is 2.65. The minimum absolute atomic E-state index is 0.0775. The second kappa shape index (κ2) is 15.9. The van der Waals surface area contributed by atoms with Crippen molar-refractivity contribution in [2.45, 2.75) is 24.7 Å². The van der Waals surface area contributed by atoms with Gasteiger partial charge in [-0.25, -0.2) is 0 Å². The van der Waals surface area contributed by atoms with Gasteiger partial charge in [-0.15, -0.1) is 0 Å². The van der Waals surface area contributed by atoms with E-state index < -0.39 is 5.41 Å². The third-order valence-corrected chi connectivity index (χ3v) is 15.9. The summed E-state index contributed by atoms with van der Waals surface area (Å²) in [6.45, 7) is 4.72. The Hall–Kier alpha value is -8.78. The Bertz CT molecular complexity index is 3820. The summed E-state index contributed by atoms with van der Waals surface area (Å²) < 4.78 is 0. The molecule has 71 heavy (non-hydrogen) atoms. The van der Waals surface area contributed by atoms with E-state index in [1.165, 1.54) is 111 Å². The van der Waals surface area contributed by atoms with Crippen LogP contribution in [0.4, 0.5) is 17.1 Å². The third-order valence-electron chi connectivity index (χ3n) is 15.9. The lowest BCUT2D eigenvalue weighted by Crippen LogP contribution is -2.26. The van der Waals surface area contributed by atoms with Crippen LogP contribution in [0.15, 0.2) is 261 Å². The molecule has 0 radical (unpaired) electrons. The van der Waals surface area contributed by atoms with Crippen LogP contribution in [-0.2, 0) is 10.8 Å². The number of hydrogen-bond acceptors (Lipinski definition) is 1. The van der Waals surface area contributed by atoms with Gasteiger partial charge in [0.05, 0.1) is 11.1 Å². The fourth-order valence-electron chi connectivity index (χ4n) is 12.7. The molecule has 0 bridgehead atoms. The molecule has 334 valence electrons. The van der Waals surface area contributed by atoms with E-state index in [1.54, 1.807) is 0 Å². The van der Waals surface area contributed by atoms with Crippen LogP contribution in [0.3, 0.4) is 0 Å². The van der Waals surface area contributed by atoms with E-state index in [4.69, 9.17) is 0 Å². The second-order valence-corrected chi connectivity index (χ2v) is 19.9. The summed E-state index contributed by atoms with van der Waals surface area (Å²) in [4.78, 5) is 2.52. The highest BCUT2D eigenvalue weighted by molar-refractivity contribution is 6.03. The maximum atomic E-state index is 2.52. The number of rotatable bonds is 7. The fraction of sp³-hybridized carbons (Fsp3) is 0.0571. The minimum atomic E-state index is -0.529. The Morgan fingerprint density at radius 2 is 0.634 bits per heavy atom. The van der Waals surface area contributed by atoms with Gasteiger partial charge in [-0.1, -0.05) is 238 Å². The van der Waals surface area contributed by atoms with E-state index in [1.807, 2.05) is 0 Å². The Balaban J connectivity index is 1.03. The molecule has 0 heterocycles. The Kier molecular flexibility index (Phi) is 9.22. The van der Waals surface area contributed by atoms with E-state index in [-0.39, 0.29) is 5.41 Å². The zero-order valence-corrected chi connectivity index (χ0v) is 39.8. The first-order valence-electron chi connectivity index (χ1n) is 24.9. The van der Waals surface area contributed by atoms with Crippen LogP contribution in [0.25, 0.3) is 77.9 Å². The van der Waals surface area contributed by atoms with Crippen LogP contribution in [-0.4, -0.2) is 0 Å². The second-order valence-electron chi connectivity index (χ2n) is 19.9. The van der Waals surface area contributed by atoms with Gasteiger partial charge in [0.2, 0.25) is 0 Å². The monoisotopic (exact) mass is 903 g/mol. The molecule has 0 N–H and O–H groups in total. The van der Waals surface area contributed by atoms with Crippen LogP contribution >= 0.6 is 0 Å². The molecule has 0 aliphatic heterocycles. The molecule has 0 saturated heterocycles. The number of hydrogen-bond donors (Lipinski definition) is 0. The molecule has 1 nitrogen and oxygen atoms in total. The van der Waals surface area contributed by atoms with Crippen molar-refractivity contribution in [3.8, 4) is 77.9 Å². The Morgan fingerprint density at radius 1 is 0.254 bits per heavy atom. The molecule has 3 aliphatic carbocycles. The molecule has 11 aromatic carbocycles. The van der Waals surface area contributed by atoms with Crippen LogP contribution in [0.1, 0.15) is 47.2 Å². The third kappa shape index (κ3) is 6.13. The van der Waals surface area contributed by atoms with Crippen molar-refractivity contribution in [1.29, 1.82) is 0 Å². The Labute approximate surface area is 416 Å². The van der Waals surface area contributed by atoms with Gasteiger partial charge in [-0.3, -0.25) is 0 Å². The van der Waals surface area contributed by atoms with E-state index >= 15 is 0 Å². The highest BCUT2D eigenvalue weighted by Gasteiger charge is 2.52. The van der Waals surface area contributed by atoms with E-state index in [0.717, 1.165) is 17.1 Å². The van der Waals surface area contributed by atoms with Crippen molar-refractivity contribution >= 4 is 17.1 Å². The molecular weight excluding hydrogens is 855 g/mol. The molecule has 0 atom stereocenters. The number of fused-ring (bicyclic) bond motifs is 13. The van der Waals surface area contributed by atoms with Crippen molar-refractivity contribution in [3.05, 3.63) is 294 Å². The highest BCUT2D eigenvalue weighted by atomic mass is 15.1. The van der Waals surface area contributed by atoms with Gasteiger partial charge in [0, 0.05) is 22.4 Å². The van der Waals surface area contributed by atoms with Gasteiger partial charge in [-0.2, -0.15) is 0 Å². The zero-order valence-electron chi connectivity index (χ0n) is 39.8. The lowest BCUT2D eigenvalue weighted by molar-refractivity contribution is 0.660. The van der Waals surface area contributed by atoms with E-state index in [0.29, 0.717) is 0 Å². The van der Waals surface area contributed by atoms with E-state index in [9.17, 15) is 0 Å². The lowest BCUT2D eigenvalue weighted by Gasteiger charge is -2.32. The maximum Gasteiger partial charge on any atom is 0.0726 e. The summed E-state index contributed by atoms with van der Waals surface area (Å²) >= 11 is 0. The quantitative estimate of drug-likeness (QED) is 0.154. The Morgan fingerprint density at radius 3 is 1.18 bits per heavy atom. The van der Waals surface area contributed by atoms with E-state index in [2.05, 4.69) is 280 Å². The van der Waals surface area contributed by atoms with Crippen molar-refractivity contribution in [2.75, 3.05) is 4.90 Å². The summed E-state index contributed by atoms with van der Waals surface area (Å²) in [6, 6.07) is 97.4. The van der Waals surface area contributed by atoms with Crippen molar-refractivity contribution in [1.82, 2.24) is 0 Å². The first kappa shape index (κ1) is 41.2. The predicted molar refractivity (Wildman–Crippen MR) is 297 cm³/mol. The summed E-state index contributed by atoms with van der Waals surface area (Å²) in [6.07, 6.45) is 0. The zero-order chi connectivity index (χ0) is 47.3. The molecule has 0 aromatic heterocycles. The average molecular weight is 904 g/mol. The predicted octanol–water partition coefficient (Wildman–Crippen LogP) is 18.5. The lowest BCUT2D eigenvalue weighted by atomic mass is 9.70. The molecule has 0 unspecified atom stereocenters. The summed E-state index contributed by atoms with van der Waals surface area (Å²) in [5, 5.41) is 0. The van der Waals surface area contributed by atoms with Gasteiger partial charge in [0.25, 0.3) is 0 Å². The fourth-order valence-corrected chi connectivity index (χ4v) is 12.7. The molecule has 0 fully saturated rings. The molecule has 0 amide bonds. The molecule has 1 heteroatoms. The SMILES string of the molecule is CC1(C)c2ccccc2-c2c(-c3ccc(N(c4ccc(-c5ccccc5)cc4)c4cc(-c5ccc(-c6ccccc6)cc5)cc5c4-c4ccccc4C54c5ccccc5-c5ccccc54)cc3)cccc21. The molecular formula is C70H49N. The first-order valence-corrected chi connectivity index (χ1v) is 24.9. The van der Waals surface area contributed by atoms with Gasteiger partial charge in [0.1, 0.15) is 0 Å². The molecule has 14 rings (SSSR count). The van der Waals surface area contributed by atoms with Gasteiger partial charge in [0.15, 0.2) is 0 Å². The summed E-state index contributed by atoms with van der Waals surface area (Å²) in [5.41, 5.74) is 28.2.